The summed E-state index contributed by atoms with van der Waals surface area (Å²) in [7, 11) is 0. The maximum Gasteiger partial charge on any atom is 0.121 e. The SMILES string of the molecule is CCCCCCCCCC(Cl)(Cl)C1CCCCC1. The van der Waals surface area contributed by atoms with Gasteiger partial charge in [0.2, 0.25) is 0 Å². The summed E-state index contributed by atoms with van der Waals surface area (Å²) >= 11 is 13.1. The van der Waals surface area contributed by atoms with Crippen molar-refractivity contribution in [2.75, 3.05) is 0 Å². The van der Waals surface area contributed by atoms with Gasteiger partial charge in [0.15, 0.2) is 0 Å². The van der Waals surface area contributed by atoms with Gasteiger partial charge in [0.05, 0.1) is 0 Å². The molecule has 0 spiro atoms. The normalized spacial score (nSPS) is 18.2. The standard InChI is InChI=1S/C16H30Cl2/c1-2-3-4-5-6-7-11-14-16(17,18)15-12-9-8-10-13-15/h15H,2-14H2,1H3. The molecule has 2 heteroatoms. The molecule has 1 aliphatic carbocycles. The van der Waals surface area contributed by atoms with Crippen molar-refractivity contribution >= 4 is 23.2 Å². The van der Waals surface area contributed by atoms with Crippen molar-refractivity contribution < 1.29 is 0 Å². The molecule has 0 aromatic rings. The van der Waals surface area contributed by atoms with Crippen LogP contribution >= 0.6 is 23.2 Å². The zero-order valence-electron chi connectivity index (χ0n) is 12.0. The van der Waals surface area contributed by atoms with Crippen molar-refractivity contribution in [2.45, 2.75) is 94.7 Å². The number of hydrogen-bond acceptors (Lipinski definition) is 0. The van der Waals surface area contributed by atoms with Gasteiger partial charge in [0.25, 0.3) is 0 Å². The zero-order valence-corrected chi connectivity index (χ0v) is 13.5. The van der Waals surface area contributed by atoms with E-state index in [9.17, 15) is 0 Å². The van der Waals surface area contributed by atoms with E-state index in [1.807, 2.05) is 0 Å². The quantitative estimate of drug-likeness (QED) is 0.321. The number of rotatable bonds is 9. The second-order valence-electron chi connectivity index (χ2n) is 5.97. The molecule has 0 radical (unpaired) electrons. The average molecular weight is 293 g/mol. The molecule has 0 bridgehead atoms. The Morgan fingerprint density at radius 3 is 2.00 bits per heavy atom. The third-order valence-corrected chi connectivity index (χ3v) is 5.31. The summed E-state index contributed by atoms with van der Waals surface area (Å²) < 4.78 is -0.441. The minimum absolute atomic E-state index is 0.441. The fourth-order valence-electron chi connectivity index (χ4n) is 3.05. The van der Waals surface area contributed by atoms with Crippen molar-refractivity contribution in [3.05, 3.63) is 0 Å². The summed E-state index contributed by atoms with van der Waals surface area (Å²) in [5.74, 6) is 0.551. The van der Waals surface area contributed by atoms with E-state index in [1.54, 1.807) is 0 Å². The summed E-state index contributed by atoms with van der Waals surface area (Å²) in [6.07, 6.45) is 16.8. The number of halogens is 2. The smallest absolute Gasteiger partial charge is 0.101 e. The zero-order chi connectivity index (χ0) is 13.3. The molecule has 1 fully saturated rings. The lowest BCUT2D eigenvalue weighted by atomic mass is 9.84. The third-order valence-electron chi connectivity index (χ3n) is 4.32. The van der Waals surface area contributed by atoms with Gasteiger partial charge in [-0.15, -0.1) is 23.2 Å². The Labute approximate surface area is 124 Å². The number of alkyl halides is 2. The van der Waals surface area contributed by atoms with E-state index in [-0.39, 0.29) is 0 Å². The van der Waals surface area contributed by atoms with Crippen LogP contribution in [0.25, 0.3) is 0 Å². The third kappa shape index (κ3) is 6.66. The van der Waals surface area contributed by atoms with E-state index in [4.69, 9.17) is 23.2 Å². The Morgan fingerprint density at radius 2 is 1.39 bits per heavy atom. The molecule has 1 saturated carbocycles. The van der Waals surface area contributed by atoms with Crippen LogP contribution in [0.2, 0.25) is 0 Å². The maximum atomic E-state index is 6.54. The van der Waals surface area contributed by atoms with E-state index >= 15 is 0 Å². The highest BCUT2D eigenvalue weighted by atomic mass is 35.5. The Kier molecular flexibility index (Phi) is 8.76. The second-order valence-corrected chi connectivity index (χ2v) is 7.51. The Morgan fingerprint density at radius 1 is 0.833 bits per heavy atom. The Hall–Kier alpha value is 0.580. The van der Waals surface area contributed by atoms with Gasteiger partial charge in [-0.05, 0) is 25.2 Å². The molecule has 0 aromatic heterocycles. The van der Waals surface area contributed by atoms with Gasteiger partial charge in [-0.1, -0.05) is 71.1 Å². The van der Waals surface area contributed by atoms with Crippen molar-refractivity contribution in [2.24, 2.45) is 5.92 Å². The molecule has 0 nitrogen and oxygen atoms in total. The van der Waals surface area contributed by atoms with Crippen LogP contribution in [0.3, 0.4) is 0 Å². The van der Waals surface area contributed by atoms with Crippen molar-refractivity contribution in [1.29, 1.82) is 0 Å². The molecule has 0 aliphatic heterocycles. The Bertz CT molecular complexity index is 195. The predicted octanol–water partition coefficient (Wildman–Crippen LogP) is 6.88. The lowest BCUT2D eigenvalue weighted by Gasteiger charge is -2.33. The van der Waals surface area contributed by atoms with Crippen LogP contribution in [-0.2, 0) is 0 Å². The second kappa shape index (κ2) is 9.48. The maximum absolute atomic E-state index is 6.54. The monoisotopic (exact) mass is 292 g/mol. The van der Waals surface area contributed by atoms with Gasteiger partial charge in [0, 0.05) is 0 Å². The first-order valence-electron chi connectivity index (χ1n) is 8.04. The van der Waals surface area contributed by atoms with Gasteiger partial charge in [-0.3, -0.25) is 0 Å². The first kappa shape index (κ1) is 16.6. The highest BCUT2D eigenvalue weighted by Gasteiger charge is 2.34. The summed E-state index contributed by atoms with van der Waals surface area (Å²) in [5.41, 5.74) is 0. The van der Waals surface area contributed by atoms with Crippen LogP contribution in [0.4, 0.5) is 0 Å². The van der Waals surface area contributed by atoms with E-state index in [0.717, 1.165) is 6.42 Å². The number of hydrogen-bond donors (Lipinski definition) is 0. The molecular weight excluding hydrogens is 263 g/mol. The highest BCUT2D eigenvalue weighted by molar-refractivity contribution is 6.48. The van der Waals surface area contributed by atoms with Crippen LogP contribution in [0, 0.1) is 5.92 Å². The van der Waals surface area contributed by atoms with Crippen molar-refractivity contribution in [1.82, 2.24) is 0 Å². The molecule has 0 N–H and O–H groups in total. The minimum atomic E-state index is -0.441. The number of unbranched alkanes of at least 4 members (excludes halogenated alkanes) is 6. The molecule has 0 saturated heterocycles. The molecule has 1 aliphatic rings. The average Bonchev–Trinajstić information content (AvgIpc) is 2.39. The van der Waals surface area contributed by atoms with Gasteiger partial charge in [-0.25, -0.2) is 0 Å². The van der Waals surface area contributed by atoms with E-state index in [0.29, 0.717) is 5.92 Å². The molecule has 1 rings (SSSR count). The van der Waals surface area contributed by atoms with E-state index < -0.39 is 4.33 Å². The molecule has 108 valence electrons. The van der Waals surface area contributed by atoms with Gasteiger partial charge in [0.1, 0.15) is 4.33 Å². The first-order chi connectivity index (χ1) is 8.67. The lowest BCUT2D eigenvalue weighted by molar-refractivity contribution is 0.311. The molecule has 0 unspecified atom stereocenters. The first-order valence-corrected chi connectivity index (χ1v) is 8.80. The molecule has 0 aromatic carbocycles. The largest absolute Gasteiger partial charge is 0.121 e. The highest BCUT2D eigenvalue weighted by Crippen LogP contribution is 2.43. The molecule has 0 heterocycles. The van der Waals surface area contributed by atoms with Gasteiger partial charge < -0.3 is 0 Å². The van der Waals surface area contributed by atoms with Gasteiger partial charge in [-0.2, -0.15) is 0 Å². The van der Waals surface area contributed by atoms with Crippen molar-refractivity contribution in [3.63, 3.8) is 0 Å². The Balaban J connectivity index is 2.05. The topological polar surface area (TPSA) is 0 Å². The van der Waals surface area contributed by atoms with E-state index in [2.05, 4.69) is 6.92 Å². The van der Waals surface area contributed by atoms with Crippen LogP contribution < -0.4 is 0 Å². The fraction of sp³-hybridized carbons (Fsp3) is 1.00. The molecule has 0 amide bonds. The van der Waals surface area contributed by atoms with Crippen molar-refractivity contribution in [3.8, 4) is 0 Å². The van der Waals surface area contributed by atoms with Crippen LogP contribution in [-0.4, -0.2) is 4.33 Å². The predicted molar refractivity (Wildman–Crippen MR) is 83.6 cm³/mol. The fourth-order valence-corrected chi connectivity index (χ4v) is 3.75. The summed E-state index contributed by atoms with van der Waals surface area (Å²) in [6.45, 7) is 2.26. The molecular formula is C16H30Cl2. The van der Waals surface area contributed by atoms with Crippen LogP contribution in [0.5, 0.6) is 0 Å². The van der Waals surface area contributed by atoms with Crippen LogP contribution in [0.15, 0.2) is 0 Å². The molecule has 0 atom stereocenters. The minimum Gasteiger partial charge on any atom is -0.101 e. The molecule has 18 heavy (non-hydrogen) atoms. The summed E-state index contributed by atoms with van der Waals surface area (Å²) in [4.78, 5) is 0. The van der Waals surface area contributed by atoms with Gasteiger partial charge >= 0.3 is 0 Å². The lowest BCUT2D eigenvalue weighted by Crippen LogP contribution is -2.27. The summed E-state index contributed by atoms with van der Waals surface area (Å²) in [6, 6.07) is 0. The van der Waals surface area contributed by atoms with E-state index in [1.165, 1.54) is 77.0 Å². The van der Waals surface area contributed by atoms with Crippen LogP contribution in [0.1, 0.15) is 90.4 Å². The summed E-state index contributed by atoms with van der Waals surface area (Å²) in [5, 5.41) is 0.